The summed E-state index contributed by atoms with van der Waals surface area (Å²) in [6.07, 6.45) is 3.67. The van der Waals surface area contributed by atoms with Crippen LogP contribution < -0.4 is 5.32 Å². The molecule has 3 aromatic rings. The first-order chi connectivity index (χ1) is 13.5. The fraction of sp³-hybridized carbons (Fsp3) is 0. The van der Waals surface area contributed by atoms with Crippen molar-refractivity contribution in [1.82, 2.24) is 9.88 Å². The molecule has 2 aromatic carbocycles. The second-order valence-corrected chi connectivity index (χ2v) is 7.69. The van der Waals surface area contributed by atoms with Gasteiger partial charge in [-0.1, -0.05) is 29.3 Å². The highest BCUT2D eigenvalue weighted by atomic mass is 35.5. The number of carbonyl (C=O) groups is 1. The van der Waals surface area contributed by atoms with E-state index < -0.39 is 0 Å². The summed E-state index contributed by atoms with van der Waals surface area (Å²) in [4.78, 5) is 17.3. The Bertz CT molecular complexity index is 1120. The molecule has 1 aromatic heterocycles. The highest BCUT2D eigenvalue weighted by Crippen LogP contribution is 2.34. The zero-order chi connectivity index (χ0) is 19.7. The molecule has 0 aliphatic carbocycles. The first-order valence-corrected chi connectivity index (χ1v) is 9.79. The predicted octanol–water partition coefficient (Wildman–Crippen LogP) is 5.38. The molecule has 2 heterocycles. The van der Waals surface area contributed by atoms with Crippen molar-refractivity contribution >= 4 is 57.8 Å². The van der Waals surface area contributed by atoms with Crippen molar-refractivity contribution in [3.63, 3.8) is 0 Å². The maximum Gasteiger partial charge on any atom is 0.264 e. The van der Waals surface area contributed by atoms with Gasteiger partial charge >= 0.3 is 0 Å². The maximum atomic E-state index is 12.4. The normalized spacial score (nSPS) is 16.7. The minimum atomic E-state index is -0.236. The van der Waals surface area contributed by atoms with E-state index in [9.17, 15) is 9.90 Å². The van der Waals surface area contributed by atoms with E-state index in [-0.39, 0.29) is 11.7 Å². The number of nitrogens with one attached hydrogen (secondary N) is 1. The number of rotatable bonds is 3. The topological polar surface area (TPSA) is 66.6 Å². The molecule has 5 nitrogen and oxygen atoms in total. The van der Waals surface area contributed by atoms with Gasteiger partial charge in [-0.2, -0.15) is 0 Å². The number of nitrogens with zero attached hydrogens (tertiary/aromatic N) is 2. The highest BCUT2D eigenvalue weighted by Gasteiger charge is 2.24. The molecule has 1 saturated heterocycles. The van der Waals surface area contributed by atoms with Crippen LogP contribution in [0.25, 0.3) is 11.8 Å². The number of amidine groups is 1. The lowest BCUT2D eigenvalue weighted by Gasteiger charge is -2.06. The fourth-order valence-corrected chi connectivity index (χ4v) is 3.82. The molecule has 0 atom stereocenters. The first-order valence-electron chi connectivity index (χ1n) is 8.21. The van der Waals surface area contributed by atoms with E-state index in [2.05, 4.69) is 10.3 Å². The van der Waals surface area contributed by atoms with Crippen LogP contribution in [-0.2, 0) is 4.79 Å². The lowest BCUT2D eigenvalue weighted by molar-refractivity contribution is -0.115. The Kier molecular flexibility index (Phi) is 5.17. The summed E-state index contributed by atoms with van der Waals surface area (Å²) >= 11 is 13.4. The van der Waals surface area contributed by atoms with Crippen LogP contribution in [0.3, 0.4) is 0 Å². The number of hydrogen-bond donors (Lipinski definition) is 2. The summed E-state index contributed by atoms with van der Waals surface area (Å²) in [7, 11) is 0. The van der Waals surface area contributed by atoms with Crippen LogP contribution in [0.5, 0.6) is 5.75 Å². The molecular weight excluding hydrogens is 417 g/mol. The molecule has 0 unspecified atom stereocenters. The molecule has 0 saturated carbocycles. The monoisotopic (exact) mass is 429 g/mol. The molecule has 1 fully saturated rings. The van der Waals surface area contributed by atoms with E-state index >= 15 is 0 Å². The number of benzene rings is 2. The molecule has 1 aliphatic rings. The van der Waals surface area contributed by atoms with Crippen molar-refractivity contribution < 1.29 is 9.90 Å². The van der Waals surface area contributed by atoms with Gasteiger partial charge in [0.05, 0.1) is 20.6 Å². The lowest BCUT2D eigenvalue weighted by Crippen LogP contribution is -2.19. The van der Waals surface area contributed by atoms with Gasteiger partial charge in [0.25, 0.3) is 5.91 Å². The number of halogens is 2. The van der Waals surface area contributed by atoms with E-state index in [4.69, 9.17) is 23.2 Å². The van der Waals surface area contributed by atoms with Crippen LogP contribution in [0.1, 0.15) is 5.69 Å². The molecule has 28 heavy (non-hydrogen) atoms. The Labute approximate surface area is 175 Å². The average Bonchev–Trinajstić information content (AvgIpc) is 3.27. The molecule has 140 valence electrons. The van der Waals surface area contributed by atoms with E-state index in [1.165, 1.54) is 11.8 Å². The van der Waals surface area contributed by atoms with Gasteiger partial charge in [-0.3, -0.25) is 4.79 Å². The number of carbonyl (C=O) groups excluding carboxylic acids is 1. The molecule has 0 spiro atoms. The second kappa shape index (κ2) is 7.75. The van der Waals surface area contributed by atoms with E-state index in [0.717, 1.165) is 11.4 Å². The minimum Gasteiger partial charge on any atom is -0.508 e. The first kappa shape index (κ1) is 18.7. The SMILES string of the molecule is O=C1NC(=Nc2cccc(Cl)c2Cl)S/C1=C/c1cccn1-c1ccc(O)cc1. The summed E-state index contributed by atoms with van der Waals surface area (Å²) in [5, 5.41) is 13.4. The largest absolute Gasteiger partial charge is 0.508 e. The van der Waals surface area contributed by atoms with Gasteiger partial charge in [0.2, 0.25) is 0 Å². The number of thioether (sulfide) groups is 1. The summed E-state index contributed by atoms with van der Waals surface area (Å²) in [5.74, 6) is -0.0394. The Morgan fingerprint density at radius 1 is 1.07 bits per heavy atom. The zero-order valence-electron chi connectivity index (χ0n) is 14.3. The third-order valence-electron chi connectivity index (χ3n) is 3.99. The van der Waals surface area contributed by atoms with Crippen LogP contribution in [-0.4, -0.2) is 20.7 Å². The molecular formula is C20H13Cl2N3O2S. The molecule has 0 bridgehead atoms. The standard InChI is InChI=1S/C20H13Cl2N3O2S/c21-15-4-1-5-16(18(15)22)23-20-24-19(27)17(28-20)11-13-3-2-10-25(13)12-6-8-14(26)9-7-12/h1-11,26H,(H,23,24,27)/b17-11+. The van der Waals surface area contributed by atoms with Gasteiger partial charge in [0.1, 0.15) is 5.75 Å². The predicted molar refractivity (Wildman–Crippen MR) is 115 cm³/mol. The number of phenolic OH excluding ortho intramolecular Hbond substituents is 1. The zero-order valence-corrected chi connectivity index (χ0v) is 16.6. The number of amides is 1. The third-order valence-corrected chi connectivity index (χ3v) is 5.71. The second-order valence-electron chi connectivity index (χ2n) is 5.87. The van der Waals surface area contributed by atoms with Crippen molar-refractivity contribution in [2.24, 2.45) is 4.99 Å². The Morgan fingerprint density at radius 3 is 2.64 bits per heavy atom. The van der Waals surface area contributed by atoms with Gasteiger partial charge in [-0.05, 0) is 66.4 Å². The molecule has 4 rings (SSSR count). The fourth-order valence-electron chi connectivity index (χ4n) is 2.66. The summed E-state index contributed by atoms with van der Waals surface area (Å²) in [5.41, 5.74) is 2.19. The summed E-state index contributed by atoms with van der Waals surface area (Å²) in [6.45, 7) is 0. The Morgan fingerprint density at radius 2 is 1.86 bits per heavy atom. The Hall–Kier alpha value is -2.67. The average molecular weight is 430 g/mol. The molecule has 2 N–H and O–H groups in total. The van der Waals surface area contributed by atoms with Gasteiger partial charge in [0, 0.05) is 17.6 Å². The van der Waals surface area contributed by atoms with E-state index in [0.29, 0.717) is 25.8 Å². The van der Waals surface area contributed by atoms with Gasteiger partial charge in [0.15, 0.2) is 5.17 Å². The van der Waals surface area contributed by atoms with Crippen LogP contribution in [0.2, 0.25) is 10.0 Å². The number of phenols is 1. The number of aromatic hydroxyl groups is 1. The third kappa shape index (κ3) is 3.80. The van der Waals surface area contributed by atoms with Crippen LogP contribution in [0.15, 0.2) is 70.7 Å². The minimum absolute atomic E-state index is 0.196. The van der Waals surface area contributed by atoms with Crippen molar-refractivity contribution in [3.8, 4) is 11.4 Å². The van der Waals surface area contributed by atoms with Crippen LogP contribution in [0, 0.1) is 0 Å². The summed E-state index contributed by atoms with van der Waals surface area (Å²) < 4.78 is 1.92. The van der Waals surface area contributed by atoms with Crippen LogP contribution >= 0.6 is 35.0 Å². The number of hydrogen-bond acceptors (Lipinski definition) is 4. The van der Waals surface area contributed by atoms with E-state index in [1.807, 2.05) is 22.9 Å². The van der Waals surface area contributed by atoms with Crippen molar-refractivity contribution in [2.75, 3.05) is 0 Å². The van der Waals surface area contributed by atoms with Gasteiger partial charge in [-0.15, -0.1) is 0 Å². The van der Waals surface area contributed by atoms with E-state index in [1.54, 1.807) is 48.5 Å². The van der Waals surface area contributed by atoms with Gasteiger partial charge < -0.3 is 15.0 Å². The lowest BCUT2D eigenvalue weighted by atomic mass is 10.3. The maximum absolute atomic E-state index is 12.4. The molecule has 0 radical (unpaired) electrons. The van der Waals surface area contributed by atoms with Gasteiger partial charge in [-0.25, -0.2) is 4.99 Å². The smallest absolute Gasteiger partial charge is 0.264 e. The molecule has 1 aliphatic heterocycles. The van der Waals surface area contributed by atoms with Crippen molar-refractivity contribution in [2.45, 2.75) is 0 Å². The number of aromatic nitrogens is 1. The quantitative estimate of drug-likeness (QED) is 0.549. The molecule has 1 amide bonds. The highest BCUT2D eigenvalue weighted by molar-refractivity contribution is 8.18. The van der Waals surface area contributed by atoms with Crippen LogP contribution in [0.4, 0.5) is 5.69 Å². The Balaban J connectivity index is 1.63. The summed E-state index contributed by atoms with van der Waals surface area (Å²) in [6, 6.07) is 15.8. The molecule has 8 heteroatoms. The number of aliphatic imine (C=N–C) groups is 1. The van der Waals surface area contributed by atoms with Crippen molar-refractivity contribution in [1.29, 1.82) is 0 Å². The van der Waals surface area contributed by atoms with Crippen molar-refractivity contribution in [3.05, 3.63) is 81.4 Å².